The number of carbonyl (C=O) groups excluding carboxylic acids is 2. The predicted molar refractivity (Wildman–Crippen MR) is 131 cm³/mol. The van der Waals surface area contributed by atoms with Crippen LogP contribution in [0.15, 0.2) is 66.7 Å². The largest absolute Gasteiger partial charge is 0.464 e. The van der Waals surface area contributed by atoms with Crippen molar-refractivity contribution < 1.29 is 14.3 Å². The molecule has 2 amide bonds. The quantitative estimate of drug-likeness (QED) is 0.332. The zero-order valence-electron chi connectivity index (χ0n) is 17.8. The van der Waals surface area contributed by atoms with Gasteiger partial charge in [-0.1, -0.05) is 79.5 Å². The van der Waals surface area contributed by atoms with Crippen LogP contribution in [-0.4, -0.2) is 35.3 Å². The molecule has 0 aromatic heterocycles. The number of halogens is 1. The van der Waals surface area contributed by atoms with E-state index in [4.69, 9.17) is 16.3 Å². The van der Waals surface area contributed by atoms with E-state index in [2.05, 4.69) is 5.32 Å². The maximum atomic E-state index is 13.5. The second kappa shape index (κ2) is 10.3. The topological polar surface area (TPSA) is 58.6 Å². The number of hydrogen-bond donors (Lipinski definition) is 1. The molecule has 2 unspecified atom stereocenters. The number of ether oxygens (including phenoxy) is 1. The van der Waals surface area contributed by atoms with Crippen molar-refractivity contribution in [2.24, 2.45) is 0 Å². The second-order valence-electron chi connectivity index (χ2n) is 7.61. The lowest BCUT2D eigenvalue weighted by Gasteiger charge is -2.29. The van der Waals surface area contributed by atoms with Crippen LogP contribution in [0.2, 0.25) is 5.02 Å². The number of fused-ring (bicyclic) bond motifs is 1. The molecule has 1 aliphatic rings. The molecule has 0 aliphatic carbocycles. The number of thioether (sulfide) groups is 1. The first kappa shape index (κ1) is 22.5. The molecular formula is C25H25ClN2O3S. The maximum absolute atomic E-state index is 13.5. The highest BCUT2D eigenvalue weighted by atomic mass is 35.5. The first-order chi connectivity index (χ1) is 15.6. The maximum Gasteiger partial charge on any atom is 0.329 e. The molecule has 1 fully saturated rings. The van der Waals surface area contributed by atoms with Gasteiger partial charge in [0.2, 0.25) is 0 Å². The van der Waals surface area contributed by atoms with Crippen molar-refractivity contribution in [3.05, 3.63) is 77.3 Å². The van der Waals surface area contributed by atoms with E-state index < -0.39 is 6.04 Å². The van der Waals surface area contributed by atoms with Crippen molar-refractivity contribution in [1.82, 2.24) is 4.90 Å². The number of rotatable bonds is 6. The molecule has 3 aromatic carbocycles. The van der Waals surface area contributed by atoms with E-state index >= 15 is 0 Å². The normalized spacial score (nSPS) is 18.0. The van der Waals surface area contributed by atoms with Crippen LogP contribution >= 0.6 is 23.4 Å². The minimum atomic E-state index is -0.687. The highest BCUT2D eigenvalue weighted by Gasteiger charge is 2.44. The number of hydrogen-bond acceptors (Lipinski definition) is 4. The van der Waals surface area contributed by atoms with Crippen LogP contribution in [0.3, 0.4) is 0 Å². The predicted octanol–water partition coefficient (Wildman–Crippen LogP) is 6.48. The van der Waals surface area contributed by atoms with Crippen molar-refractivity contribution in [3.8, 4) is 0 Å². The van der Waals surface area contributed by atoms with E-state index in [-0.39, 0.29) is 17.4 Å². The minimum Gasteiger partial charge on any atom is -0.464 e. The van der Waals surface area contributed by atoms with Crippen LogP contribution in [0.4, 0.5) is 10.5 Å². The molecule has 32 heavy (non-hydrogen) atoms. The highest BCUT2D eigenvalue weighted by Crippen LogP contribution is 2.44. The Kier molecular flexibility index (Phi) is 7.22. The molecule has 0 bridgehead atoms. The lowest BCUT2D eigenvalue weighted by Crippen LogP contribution is -2.46. The first-order valence-electron chi connectivity index (χ1n) is 10.7. The summed E-state index contributed by atoms with van der Waals surface area (Å²) in [6.45, 7) is 2.39. The van der Waals surface area contributed by atoms with Gasteiger partial charge in [-0.15, -0.1) is 11.8 Å². The van der Waals surface area contributed by atoms with E-state index in [0.717, 1.165) is 29.2 Å². The molecule has 1 saturated heterocycles. The SMILES string of the molecule is CCCCOC(=O)C1CSC(c2ccccc2Cl)N1C(=O)Nc1cccc2ccccc12. The number of amides is 2. The van der Waals surface area contributed by atoms with E-state index in [9.17, 15) is 9.59 Å². The number of anilines is 1. The summed E-state index contributed by atoms with van der Waals surface area (Å²) in [6, 6.07) is 20.0. The summed E-state index contributed by atoms with van der Waals surface area (Å²) < 4.78 is 5.47. The van der Waals surface area contributed by atoms with Crippen LogP contribution < -0.4 is 5.32 Å². The molecule has 0 saturated carbocycles. The van der Waals surface area contributed by atoms with Gasteiger partial charge in [0.1, 0.15) is 11.4 Å². The van der Waals surface area contributed by atoms with Crippen molar-refractivity contribution in [3.63, 3.8) is 0 Å². The molecule has 166 valence electrons. The summed E-state index contributed by atoms with van der Waals surface area (Å²) in [5, 5.41) is 5.16. The van der Waals surface area contributed by atoms with Crippen molar-refractivity contribution in [2.45, 2.75) is 31.2 Å². The Bertz CT molecular complexity index is 1120. The Labute approximate surface area is 197 Å². The summed E-state index contributed by atoms with van der Waals surface area (Å²) in [5.41, 5.74) is 1.50. The summed E-state index contributed by atoms with van der Waals surface area (Å²) in [5.74, 6) is 0.0673. The molecule has 0 radical (unpaired) electrons. The third kappa shape index (κ3) is 4.71. The number of carbonyl (C=O) groups is 2. The Morgan fingerprint density at radius 2 is 1.84 bits per heavy atom. The molecule has 1 N–H and O–H groups in total. The standard InChI is InChI=1S/C25H25ClN2O3S/c1-2-3-15-31-24(29)22-16-32-23(19-12-6-7-13-20(19)26)28(22)25(30)27-21-14-8-10-17-9-4-5-11-18(17)21/h4-14,22-23H,2-3,15-16H2,1H3,(H,27,30). The smallest absolute Gasteiger partial charge is 0.329 e. The van der Waals surface area contributed by atoms with Crippen LogP contribution in [0.1, 0.15) is 30.7 Å². The van der Waals surface area contributed by atoms with Gasteiger partial charge < -0.3 is 10.1 Å². The third-order valence-corrected chi connectivity index (χ3v) is 7.10. The molecule has 7 heteroatoms. The van der Waals surface area contributed by atoms with Gasteiger partial charge in [-0.3, -0.25) is 4.90 Å². The first-order valence-corrected chi connectivity index (χ1v) is 12.1. The fourth-order valence-electron chi connectivity index (χ4n) is 3.78. The van der Waals surface area contributed by atoms with Gasteiger partial charge in [0.15, 0.2) is 0 Å². The fraction of sp³-hybridized carbons (Fsp3) is 0.280. The number of esters is 1. The molecular weight excluding hydrogens is 444 g/mol. The molecule has 2 atom stereocenters. The molecule has 3 aromatic rings. The summed E-state index contributed by atoms with van der Waals surface area (Å²) in [4.78, 5) is 28.0. The van der Waals surface area contributed by atoms with Gasteiger partial charge in [0, 0.05) is 21.7 Å². The highest BCUT2D eigenvalue weighted by molar-refractivity contribution is 7.99. The average Bonchev–Trinajstić information content (AvgIpc) is 3.25. The average molecular weight is 469 g/mol. The fourth-order valence-corrected chi connectivity index (χ4v) is 5.53. The van der Waals surface area contributed by atoms with Crippen LogP contribution in [0, 0.1) is 0 Å². The zero-order chi connectivity index (χ0) is 22.5. The Hall–Kier alpha value is -2.70. The lowest BCUT2D eigenvalue weighted by atomic mass is 10.1. The number of unbranched alkanes of at least 4 members (excludes halogenated alkanes) is 1. The van der Waals surface area contributed by atoms with Crippen molar-refractivity contribution in [1.29, 1.82) is 0 Å². The molecule has 4 rings (SSSR count). The van der Waals surface area contributed by atoms with E-state index in [0.29, 0.717) is 23.1 Å². The van der Waals surface area contributed by atoms with Gasteiger partial charge in [-0.05, 0) is 23.9 Å². The number of nitrogens with zero attached hydrogens (tertiary/aromatic N) is 1. The second-order valence-corrected chi connectivity index (χ2v) is 9.13. The Balaban J connectivity index is 1.64. The van der Waals surface area contributed by atoms with Crippen molar-refractivity contribution in [2.75, 3.05) is 17.7 Å². The van der Waals surface area contributed by atoms with Gasteiger partial charge >= 0.3 is 12.0 Å². The van der Waals surface area contributed by atoms with Crippen molar-refractivity contribution >= 4 is 51.8 Å². The van der Waals surface area contributed by atoms with Crippen LogP contribution in [0.25, 0.3) is 10.8 Å². The summed E-state index contributed by atoms with van der Waals surface area (Å²) >= 11 is 7.97. The van der Waals surface area contributed by atoms with E-state index in [1.165, 1.54) is 11.8 Å². The van der Waals surface area contributed by atoms with E-state index in [1.807, 2.05) is 67.6 Å². The van der Waals surface area contributed by atoms with Crippen LogP contribution in [0.5, 0.6) is 0 Å². The monoisotopic (exact) mass is 468 g/mol. The summed E-state index contributed by atoms with van der Waals surface area (Å²) in [7, 11) is 0. The number of nitrogens with one attached hydrogen (secondary N) is 1. The van der Waals surface area contributed by atoms with E-state index in [1.54, 1.807) is 11.0 Å². The van der Waals surface area contributed by atoms with Gasteiger partial charge in [0.05, 0.1) is 12.3 Å². The Morgan fingerprint density at radius 1 is 1.09 bits per heavy atom. The van der Waals surface area contributed by atoms with Gasteiger partial charge in [-0.25, -0.2) is 9.59 Å². The summed E-state index contributed by atoms with van der Waals surface area (Å²) in [6.07, 6.45) is 1.72. The minimum absolute atomic E-state index is 0.353. The molecule has 0 spiro atoms. The third-order valence-electron chi connectivity index (χ3n) is 5.45. The molecule has 1 aliphatic heterocycles. The van der Waals surface area contributed by atoms with Gasteiger partial charge in [0.25, 0.3) is 0 Å². The lowest BCUT2D eigenvalue weighted by molar-refractivity contribution is -0.148. The zero-order valence-corrected chi connectivity index (χ0v) is 19.4. The van der Waals surface area contributed by atoms with Crippen LogP contribution in [-0.2, 0) is 9.53 Å². The Morgan fingerprint density at radius 3 is 2.66 bits per heavy atom. The molecule has 5 nitrogen and oxygen atoms in total. The number of urea groups is 1. The molecule has 1 heterocycles. The number of benzene rings is 3. The van der Waals surface area contributed by atoms with Gasteiger partial charge in [-0.2, -0.15) is 0 Å².